The van der Waals surface area contributed by atoms with Crippen molar-refractivity contribution in [3.05, 3.63) is 35.2 Å². The molecule has 0 aliphatic heterocycles. The van der Waals surface area contributed by atoms with Gasteiger partial charge in [-0.15, -0.1) is 0 Å². The highest BCUT2D eigenvalue weighted by atomic mass is 19.1. The number of aliphatic hydroxyl groups excluding tert-OH is 1. The van der Waals surface area contributed by atoms with Crippen LogP contribution in [0.1, 0.15) is 11.4 Å². The number of hydrogen-bond acceptors (Lipinski definition) is 3. The number of aliphatic hydroxyl groups is 1. The number of rotatable bonds is 3. The maximum absolute atomic E-state index is 14.0. The lowest BCUT2D eigenvalue weighted by Crippen LogP contribution is -2.08. The van der Waals surface area contributed by atoms with E-state index in [9.17, 15) is 8.78 Å². The van der Waals surface area contributed by atoms with Crippen LogP contribution in [0.25, 0.3) is 11.4 Å². The molecule has 0 bridgehead atoms. The Morgan fingerprint density at radius 3 is 2.67 bits per heavy atom. The fraction of sp³-hybridized carbons (Fsp3) is 0.333. The molecule has 0 spiro atoms. The Labute approximate surface area is 103 Å². The zero-order chi connectivity index (χ0) is 13.3. The van der Waals surface area contributed by atoms with E-state index in [-0.39, 0.29) is 24.5 Å². The number of nitrogens with zero attached hydrogens (tertiary/aromatic N) is 3. The van der Waals surface area contributed by atoms with Gasteiger partial charge in [-0.1, -0.05) is 6.07 Å². The average Bonchev–Trinajstić information content (AvgIpc) is 2.66. The standard InChI is InChI=1S/C12H13F2N3O/c1-7-3-4-9(13)10(11(7)14)12-15-8(2)16-17(12)5-6-18/h3-4,18H,5-6H2,1-2H3. The van der Waals surface area contributed by atoms with Crippen LogP contribution < -0.4 is 0 Å². The van der Waals surface area contributed by atoms with E-state index in [1.54, 1.807) is 13.8 Å². The Morgan fingerprint density at radius 1 is 1.28 bits per heavy atom. The molecule has 2 aromatic rings. The third-order valence-electron chi connectivity index (χ3n) is 2.60. The van der Waals surface area contributed by atoms with Crippen LogP contribution in [0.2, 0.25) is 0 Å². The summed E-state index contributed by atoms with van der Waals surface area (Å²) in [6, 6.07) is 2.56. The molecule has 1 aromatic carbocycles. The summed E-state index contributed by atoms with van der Waals surface area (Å²) in [5.74, 6) is -0.842. The summed E-state index contributed by atoms with van der Waals surface area (Å²) in [4.78, 5) is 4.02. The summed E-state index contributed by atoms with van der Waals surface area (Å²) in [5, 5.41) is 12.9. The maximum Gasteiger partial charge on any atom is 0.164 e. The summed E-state index contributed by atoms with van der Waals surface area (Å²) in [5.41, 5.74) is 0.131. The number of benzene rings is 1. The van der Waals surface area contributed by atoms with Crippen molar-refractivity contribution in [2.24, 2.45) is 0 Å². The van der Waals surface area contributed by atoms with Crippen molar-refractivity contribution >= 4 is 0 Å². The molecule has 96 valence electrons. The zero-order valence-corrected chi connectivity index (χ0v) is 10.1. The van der Waals surface area contributed by atoms with E-state index >= 15 is 0 Å². The minimum atomic E-state index is -0.690. The van der Waals surface area contributed by atoms with Crippen molar-refractivity contribution in [3.63, 3.8) is 0 Å². The first-order chi connectivity index (χ1) is 8.54. The summed E-state index contributed by atoms with van der Waals surface area (Å²) in [6.45, 7) is 3.15. The molecule has 18 heavy (non-hydrogen) atoms. The van der Waals surface area contributed by atoms with E-state index in [0.717, 1.165) is 0 Å². The number of hydrogen-bond donors (Lipinski definition) is 1. The van der Waals surface area contributed by atoms with Gasteiger partial charge in [-0.3, -0.25) is 0 Å². The van der Waals surface area contributed by atoms with Gasteiger partial charge in [0.25, 0.3) is 0 Å². The van der Waals surface area contributed by atoms with Crippen LogP contribution in [0.4, 0.5) is 8.78 Å². The van der Waals surface area contributed by atoms with Gasteiger partial charge in [-0.25, -0.2) is 18.4 Å². The summed E-state index contributed by atoms with van der Waals surface area (Å²) in [7, 11) is 0. The molecule has 1 heterocycles. The smallest absolute Gasteiger partial charge is 0.164 e. The Hall–Kier alpha value is -1.82. The molecular formula is C12H13F2N3O. The van der Waals surface area contributed by atoms with Gasteiger partial charge in [0, 0.05) is 0 Å². The van der Waals surface area contributed by atoms with Gasteiger partial charge in [0.1, 0.15) is 17.5 Å². The molecule has 1 N–H and O–H groups in total. The monoisotopic (exact) mass is 253 g/mol. The van der Waals surface area contributed by atoms with Gasteiger partial charge in [-0.05, 0) is 25.5 Å². The second-order valence-corrected chi connectivity index (χ2v) is 3.98. The Morgan fingerprint density at radius 2 is 2.00 bits per heavy atom. The number of halogens is 2. The lowest BCUT2D eigenvalue weighted by molar-refractivity contribution is 0.270. The molecule has 0 saturated carbocycles. The first-order valence-electron chi connectivity index (χ1n) is 5.52. The molecule has 0 radical (unpaired) electrons. The van der Waals surface area contributed by atoms with E-state index in [4.69, 9.17) is 5.11 Å². The molecule has 0 fully saturated rings. The SMILES string of the molecule is Cc1nc(-c2c(F)ccc(C)c2F)n(CCO)n1. The lowest BCUT2D eigenvalue weighted by Gasteiger charge is -2.08. The highest BCUT2D eigenvalue weighted by Gasteiger charge is 2.19. The van der Waals surface area contributed by atoms with Crippen molar-refractivity contribution in [1.29, 1.82) is 0 Å². The Kier molecular flexibility index (Phi) is 3.38. The summed E-state index contributed by atoms with van der Waals surface area (Å²) < 4.78 is 29.1. The first-order valence-corrected chi connectivity index (χ1v) is 5.52. The van der Waals surface area contributed by atoms with Gasteiger partial charge in [-0.2, -0.15) is 5.10 Å². The minimum absolute atomic E-state index is 0.0975. The first kappa shape index (κ1) is 12.6. The molecule has 6 heteroatoms. The maximum atomic E-state index is 14.0. The van der Waals surface area contributed by atoms with E-state index in [1.165, 1.54) is 16.8 Å². The molecule has 0 aliphatic carbocycles. The van der Waals surface area contributed by atoms with Crippen LogP contribution in [0, 0.1) is 25.5 Å². The molecule has 0 atom stereocenters. The molecule has 1 aromatic heterocycles. The van der Waals surface area contributed by atoms with Crippen molar-refractivity contribution in [2.75, 3.05) is 6.61 Å². The second kappa shape index (κ2) is 4.81. The van der Waals surface area contributed by atoms with E-state index in [0.29, 0.717) is 11.4 Å². The molecule has 0 saturated heterocycles. The molecule has 4 nitrogen and oxygen atoms in total. The molecule has 2 rings (SSSR count). The molecular weight excluding hydrogens is 240 g/mol. The normalized spacial score (nSPS) is 10.9. The van der Waals surface area contributed by atoms with Crippen molar-refractivity contribution in [2.45, 2.75) is 20.4 Å². The third-order valence-corrected chi connectivity index (χ3v) is 2.60. The highest BCUT2D eigenvalue weighted by Crippen LogP contribution is 2.26. The number of aryl methyl sites for hydroxylation is 2. The van der Waals surface area contributed by atoms with Crippen LogP contribution in [0.15, 0.2) is 12.1 Å². The van der Waals surface area contributed by atoms with E-state index in [2.05, 4.69) is 10.1 Å². The second-order valence-electron chi connectivity index (χ2n) is 3.98. The zero-order valence-electron chi connectivity index (χ0n) is 10.1. The molecule has 0 aliphatic rings. The van der Waals surface area contributed by atoms with Crippen molar-refractivity contribution < 1.29 is 13.9 Å². The Balaban J connectivity index is 2.65. The van der Waals surface area contributed by atoms with Crippen molar-refractivity contribution in [3.8, 4) is 11.4 Å². The largest absolute Gasteiger partial charge is 0.394 e. The van der Waals surface area contributed by atoms with Gasteiger partial charge in [0.05, 0.1) is 18.7 Å². The molecule has 0 unspecified atom stereocenters. The lowest BCUT2D eigenvalue weighted by atomic mass is 10.1. The summed E-state index contributed by atoms with van der Waals surface area (Å²) in [6.07, 6.45) is 0. The van der Waals surface area contributed by atoms with Crippen LogP contribution in [0.5, 0.6) is 0 Å². The van der Waals surface area contributed by atoms with Gasteiger partial charge in [0.2, 0.25) is 0 Å². The topological polar surface area (TPSA) is 50.9 Å². The predicted molar refractivity (Wildman–Crippen MR) is 61.9 cm³/mol. The predicted octanol–water partition coefficient (Wildman–Crippen LogP) is 1.83. The third kappa shape index (κ3) is 2.11. The highest BCUT2D eigenvalue weighted by molar-refractivity contribution is 5.58. The van der Waals surface area contributed by atoms with Crippen LogP contribution >= 0.6 is 0 Å². The van der Waals surface area contributed by atoms with E-state index < -0.39 is 11.6 Å². The average molecular weight is 253 g/mol. The minimum Gasteiger partial charge on any atom is -0.394 e. The van der Waals surface area contributed by atoms with Gasteiger partial charge < -0.3 is 5.11 Å². The van der Waals surface area contributed by atoms with Crippen LogP contribution in [-0.2, 0) is 6.54 Å². The quantitative estimate of drug-likeness (QED) is 0.908. The van der Waals surface area contributed by atoms with Gasteiger partial charge >= 0.3 is 0 Å². The van der Waals surface area contributed by atoms with Crippen LogP contribution in [-0.4, -0.2) is 26.5 Å². The fourth-order valence-electron chi connectivity index (χ4n) is 1.75. The summed E-state index contributed by atoms with van der Waals surface area (Å²) >= 11 is 0. The fourth-order valence-corrected chi connectivity index (χ4v) is 1.75. The molecule has 0 amide bonds. The van der Waals surface area contributed by atoms with Crippen molar-refractivity contribution in [1.82, 2.24) is 14.8 Å². The van der Waals surface area contributed by atoms with Gasteiger partial charge in [0.15, 0.2) is 5.82 Å². The number of aromatic nitrogens is 3. The van der Waals surface area contributed by atoms with Crippen LogP contribution in [0.3, 0.4) is 0 Å². The Bertz CT molecular complexity index is 581. The van der Waals surface area contributed by atoms with E-state index in [1.807, 2.05) is 0 Å².